The van der Waals surface area contributed by atoms with Gasteiger partial charge in [0.2, 0.25) is 5.91 Å². The molecule has 0 aromatic heterocycles. The summed E-state index contributed by atoms with van der Waals surface area (Å²) in [6, 6.07) is 4.96. The molecule has 1 saturated heterocycles. The van der Waals surface area contributed by atoms with Crippen LogP contribution in [0.4, 0.5) is 5.69 Å². The Bertz CT molecular complexity index is 506. The quantitative estimate of drug-likeness (QED) is 0.649. The molecule has 1 aliphatic rings. The minimum absolute atomic E-state index is 0.0647. The summed E-state index contributed by atoms with van der Waals surface area (Å²) < 4.78 is 0.898. The Hall–Kier alpha value is -0.820. The number of alkyl halides is 1. The zero-order valence-electron chi connectivity index (χ0n) is 9.40. The van der Waals surface area contributed by atoms with E-state index in [1.54, 1.807) is 12.1 Å². The number of carbonyl (C=O) groups is 2. The van der Waals surface area contributed by atoms with Crippen molar-refractivity contribution in [2.45, 2.75) is 6.42 Å². The van der Waals surface area contributed by atoms with E-state index in [2.05, 4.69) is 22.6 Å². The molecule has 1 fully saturated rings. The number of nitrogens with zero attached hydrogens (tertiary/aromatic N) is 1. The SMILES string of the molecule is O=C(O)c1ccc(I)cc1N1CC(CCl)CC1=O. The number of aromatic carboxylic acids is 1. The van der Waals surface area contributed by atoms with Gasteiger partial charge in [0.05, 0.1) is 11.3 Å². The van der Waals surface area contributed by atoms with Crippen molar-refractivity contribution in [2.75, 3.05) is 17.3 Å². The molecule has 1 atom stereocenters. The zero-order valence-corrected chi connectivity index (χ0v) is 12.3. The number of anilines is 1. The number of hydrogen-bond donors (Lipinski definition) is 1. The maximum Gasteiger partial charge on any atom is 0.337 e. The first-order valence-electron chi connectivity index (χ1n) is 5.42. The Morgan fingerprint density at radius 3 is 2.83 bits per heavy atom. The normalized spacial score (nSPS) is 19.3. The summed E-state index contributed by atoms with van der Waals surface area (Å²) >= 11 is 7.86. The van der Waals surface area contributed by atoms with Crippen LogP contribution in [0, 0.1) is 9.49 Å². The Kier molecular flexibility index (Phi) is 4.11. The van der Waals surface area contributed by atoms with Crippen LogP contribution in [0.3, 0.4) is 0 Å². The molecule has 1 heterocycles. The summed E-state index contributed by atoms with van der Waals surface area (Å²) in [6.45, 7) is 0.489. The van der Waals surface area contributed by atoms with Gasteiger partial charge in [-0.15, -0.1) is 11.6 Å². The fraction of sp³-hybridized carbons (Fsp3) is 0.333. The first-order chi connectivity index (χ1) is 8.52. The fourth-order valence-electron chi connectivity index (χ4n) is 2.03. The molecule has 1 N–H and O–H groups in total. The van der Waals surface area contributed by atoms with Crippen molar-refractivity contribution in [1.82, 2.24) is 0 Å². The van der Waals surface area contributed by atoms with Crippen LogP contribution in [0.5, 0.6) is 0 Å². The Labute approximate surface area is 123 Å². The first-order valence-corrected chi connectivity index (χ1v) is 7.03. The highest BCUT2D eigenvalue weighted by Gasteiger charge is 2.32. The van der Waals surface area contributed by atoms with Crippen LogP contribution in [-0.4, -0.2) is 29.4 Å². The van der Waals surface area contributed by atoms with Crippen LogP contribution in [0.1, 0.15) is 16.8 Å². The molecular formula is C12H11ClINO3. The van der Waals surface area contributed by atoms with E-state index in [1.807, 2.05) is 0 Å². The smallest absolute Gasteiger partial charge is 0.337 e. The minimum atomic E-state index is -1.02. The molecule has 1 aromatic carbocycles. The van der Waals surface area contributed by atoms with E-state index in [9.17, 15) is 9.59 Å². The lowest BCUT2D eigenvalue weighted by molar-refractivity contribution is -0.117. The molecule has 18 heavy (non-hydrogen) atoms. The van der Waals surface area contributed by atoms with E-state index in [1.165, 1.54) is 11.0 Å². The van der Waals surface area contributed by atoms with E-state index in [0.29, 0.717) is 24.5 Å². The van der Waals surface area contributed by atoms with E-state index >= 15 is 0 Å². The Balaban J connectivity index is 2.41. The fourth-order valence-corrected chi connectivity index (χ4v) is 2.71. The molecule has 0 radical (unpaired) electrons. The maximum atomic E-state index is 11.9. The zero-order chi connectivity index (χ0) is 13.3. The molecule has 1 unspecified atom stereocenters. The maximum absolute atomic E-state index is 11.9. The van der Waals surface area contributed by atoms with Gasteiger partial charge in [0.25, 0.3) is 0 Å². The largest absolute Gasteiger partial charge is 0.478 e. The molecule has 0 aliphatic carbocycles. The molecule has 1 aromatic rings. The monoisotopic (exact) mass is 379 g/mol. The summed E-state index contributed by atoms with van der Waals surface area (Å²) in [5.74, 6) is -0.582. The molecule has 0 bridgehead atoms. The Morgan fingerprint density at radius 2 is 2.28 bits per heavy atom. The van der Waals surface area contributed by atoms with Gasteiger partial charge < -0.3 is 10.0 Å². The van der Waals surface area contributed by atoms with Gasteiger partial charge in [-0.2, -0.15) is 0 Å². The van der Waals surface area contributed by atoms with Gasteiger partial charge in [-0.05, 0) is 46.7 Å². The molecule has 0 saturated carbocycles. The highest BCUT2D eigenvalue weighted by Crippen LogP contribution is 2.30. The standard InChI is InChI=1S/C12H11ClINO3/c13-5-7-3-11(16)15(6-7)10-4-8(14)1-2-9(10)12(17)18/h1-2,4,7H,3,5-6H2,(H,17,18). The average Bonchev–Trinajstić information content (AvgIpc) is 2.70. The van der Waals surface area contributed by atoms with Crippen molar-refractivity contribution in [3.63, 3.8) is 0 Å². The molecule has 0 spiro atoms. The number of benzene rings is 1. The topological polar surface area (TPSA) is 57.6 Å². The van der Waals surface area contributed by atoms with E-state index in [-0.39, 0.29) is 17.4 Å². The molecule has 96 valence electrons. The predicted molar refractivity (Wildman–Crippen MR) is 77.3 cm³/mol. The predicted octanol–water partition coefficient (Wildman–Crippen LogP) is 2.58. The van der Waals surface area contributed by atoms with Gasteiger partial charge in [0.1, 0.15) is 0 Å². The average molecular weight is 380 g/mol. The van der Waals surface area contributed by atoms with Gasteiger partial charge in [-0.1, -0.05) is 0 Å². The number of hydrogen-bond acceptors (Lipinski definition) is 2. The highest BCUT2D eigenvalue weighted by atomic mass is 127. The Morgan fingerprint density at radius 1 is 1.56 bits per heavy atom. The number of halogens is 2. The second kappa shape index (κ2) is 5.44. The summed E-state index contributed by atoms with van der Waals surface area (Å²) in [5.41, 5.74) is 0.617. The second-order valence-corrected chi connectivity index (χ2v) is 5.75. The molecule has 4 nitrogen and oxygen atoms in total. The third-order valence-electron chi connectivity index (χ3n) is 2.90. The van der Waals surface area contributed by atoms with Gasteiger partial charge >= 0.3 is 5.97 Å². The summed E-state index contributed by atoms with van der Waals surface area (Å²) in [6.07, 6.45) is 0.383. The third kappa shape index (κ3) is 2.61. The van der Waals surface area contributed by atoms with Gasteiger partial charge in [0.15, 0.2) is 0 Å². The number of carboxylic acid groups (broad SMARTS) is 1. The first kappa shape index (κ1) is 13.6. The van der Waals surface area contributed by atoms with Crippen LogP contribution in [0.2, 0.25) is 0 Å². The van der Waals surface area contributed by atoms with Crippen molar-refractivity contribution in [3.8, 4) is 0 Å². The van der Waals surface area contributed by atoms with E-state index in [0.717, 1.165) is 3.57 Å². The second-order valence-electron chi connectivity index (χ2n) is 4.20. The summed E-state index contributed by atoms with van der Waals surface area (Å²) in [5, 5.41) is 9.16. The minimum Gasteiger partial charge on any atom is -0.478 e. The number of carbonyl (C=O) groups excluding carboxylic acids is 1. The third-order valence-corrected chi connectivity index (χ3v) is 4.01. The molecular weight excluding hydrogens is 368 g/mol. The van der Waals surface area contributed by atoms with Crippen molar-refractivity contribution in [2.24, 2.45) is 5.92 Å². The molecule has 1 amide bonds. The van der Waals surface area contributed by atoms with Crippen molar-refractivity contribution in [1.29, 1.82) is 0 Å². The van der Waals surface area contributed by atoms with Crippen LogP contribution in [-0.2, 0) is 4.79 Å². The van der Waals surface area contributed by atoms with Gasteiger partial charge in [0, 0.05) is 22.4 Å². The van der Waals surface area contributed by atoms with Crippen LogP contribution in [0.15, 0.2) is 18.2 Å². The van der Waals surface area contributed by atoms with Crippen molar-refractivity contribution < 1.29 is 14.7 Å². The number of carboxylic acids is 1. The summed E-state index contributed by atoms with van der Waals surface area (Å²) in [4.78, 5) is 24.6. The van der Waals surface area contributed by atoms with Gasteiger partial charge in [-0.3, -0.25) is 4.79 Å². The van der Waals surface area contributed by atoms with Crippen molar-refractivity contribution >= 4 is 51.8 Å². The van der Waals surface area contributed by atoms with Crippen LogP contribution in [0.25, 0.3) is 0 Å². The molecule has 6 heteroatoms. The van der Waals surface area contributed by atoms with E-state index in [4.69, 9.17) is 16.7 Å². The van der Waals surface area contributed by atoms with Crippen LogP contribution < -0.4 is 4.90 Å². The number of amides is 1. The lowest BCUT2D eigenvalue weighted by Gasteiger charge is -2.19. The van der Waals surface area contributed by atoms with Gasteiger partial charge in [-0.25, -0.2) is 4.79 Å². The van der Waals surface area contributed by atoms with Crippen molar-refractivity contribution in [3.05, 3.63) is 27.3 Å². The molecule has 1 aliphatic heterocycles. The summed E-state index contributed by atoms with van der Waals surface area (Å²) in [7, 11) is 0. The highest BCUT2D eigenvalue weighted by molar-refractivity contribution is 14.1. The van der Waals surface area contributed by atoms with Crippen LogP contribution >= 0.6 is 34.2 Å². The lowest BCUT2D eigenvalue weighted by atomic mass is 10.1. The van der Waals surface area contributed by atoms with E-state index < -0.39 is 5.97 Å². The lowest BCUT2D eigenvalue weighted by Crippen LogP contribution is -2.26. The molecule has 2 rings (SSSR count). The number of rotatable bonds is 3.